The number of ether oxygens (including phenoxy) is 1. The number of aliphatic hydroxyl groups excluding tert-OH is 1. The van der Waals surface area contributed by atoms with Crippen molar-refractivity contribution < 1.29 is 14.6 Å². The number of nitrogens with zero attached hydrogens (tertiary/aromatic N) is 1. The summed E-state index contributed by atoms with van der Waals surface area (Å²) in [6.45, 7) is 5.88. The first-order valence-corrected chi connectivity index (χ1v) is 6.32. The number of carbonyl (C=O) groups is 1. The maximum atomic E-state index is 11.4. The highest BCUT2D eigenvalue weighted by atomic mass is 16.6. The molecule has 17 heavy (non-hydrogen) atoms. The Morgan fingerprint density at radius 3 is 2.53 bits per heavy atom. The van der Waals surface area contributed by atoms with Gasteiger partial charge in [-0.25, -0.2) is 0 Å². The minimum atomic E-state index is -0.417. The summed E-state index contributed by atoms with van der Waals surface area (Å²) in [4.78, 5) is 13.6. The number of rotatable bonds is 5. The van der Waals surface area contributed by atoms with E-state index in [0.717, 1.165) is 25.9 Å². The Kier molecular flexibility index (Phi) is 5.88. The molecule has 0 spiro atoms. The maximum Gasteiger partial charge on any atom is 0.308 e. The Balaban J connectivity index is 2.33. The Bertz CT molecular complexity index is 238. The van der Waals surface area contributed by atoms with Crippen LogP contribution in [0.15, 0.2) is 0 Å². The van der Waals surface area contributed by atoms with E-state index < -0.39 is 6.10 Å². The fourth-order valence-corrected chi connectivity index (χ4v) is 1.86. The lowest BCUT2D eigenvalue weighted by molar-refractivity contribution is -0.156. The molecular weight excluding hydrogens is 220 g/mol. The van der Waals surface area contributed by atoms with Gasteiger partial charge >= 0.3 is 5.97 Å². The molecule has 0 amide bonds. The van der Waals surface area contributed by atoms with Gasteiger partial charge in [-0.1, -0.05) is 13.8 Å². The second-order valence-electron chi connectivity index (χ2n) is 5.03. The van der Waals surface area contributed by atoms with E-state index in [1.54, 1.807) is 13.8 Å². The summed E-state index contributed by atoms with van der Waals surface area (Å²) in [5, 5.41) is 9.21. The first-order valence-electron chi connectivity index (χ1n) is 6.32. The molecule has 1 aliphatic rings. The topological polar surface area (TPSA) is 75.8 Å². The van der Waals surface area contributed by atoms with E-state index in [-0.39, 0.29) is 24.5 Å². The van der Waals surface area contributed by atoms with E-state index >= 15 is 0 Å². The molecule has 0 radical (unpaired) electrons. The minimum absolute atomic E-state index is 0.124. The summed E-state index contributed by atoms with van der Waals surface area (Å²) in [7, 11) is 0. The van der Waals surface area contributed by atoms with E-state index in [1.165, 1.54) is 0 Å². The summed E-state index contributed by atoms with van der Waals surface area (Å²) in [5.41, 5.74) is 5.82. The molecular formula is C12H24N2O3. The molecule has 1 rings (SSSR count). The number of aliphatic hydroxyl groups is 1. The molecule has 1 aliphatic heterocycles. The van der Waals surface area contributed by atoms with Gasteiger partial charge in [0.05, 0.1) is 12.5 Å². The largest absolute Gasteiger partial charge is 0.458 e. The number of hydrogen-bond acceptors (Lipinski definition) is 5. The summed E-state index contributed by atoms with van der Waals surface area (Å²) in [6, 6.07) is 0.289. The molecule has 1 unspecified atom stereocenters. The fourth-order valence-electron chi connectivity index (χ4n) is 1.86. The van der Waals surface area contributed by atoms with Crippen molar-refractivity contribution >= 4 is 5.97 Å². The van der Waals surface area contributed by atoms with E-state index in [2.05, 4.69) is 4.90 Å². The summed E-state index contributed by atoms with van der Waals surface area (Å²) in [6.07, 6.45) is 1.52. The number of esters is 1. The minimum Gasteiger partial charge on any atom is -0.458 e. The predicted molar refractivity (Wildman–Crippen MR) is 65.5 cm³/mol. The van der Waals surface area contributed by atoms with Crippen LogP contribution in [0.1, 0.15) is 26.7 Å². The normalized spacial score (nSPS) is 20.5. The number of hydrogen-bond donors (Lipinski definition) is 2. The van der Waals surface area contributed by atoms with Crippen LogP contribution in [-0.2, 0) is 9.53 Å². The first kappa shape index (κ1) is 14.4. The van der Waals surface area contributed by atoms with Crippen molar-refractivity contribution in [3.8, 4) is 0 Å². The highest BCUT2D eigenvalue weighted by Gasteiger charge is 2.22. The second kappa shape index (κ2) is 6.93. The molecule has 5 heteroatoms. The van der Waals surface area contributed by atoms with Gasteiger partial charge in [-0.15, -0.1) is 0 Å². The summed E-state index contributed by atoms with van der Waals surface area (Å²) >= 11 is 0. The third-order valence-corrected chi connectivity index (χ3v) is 3.05. The lowest BCUT2D eigenvalue weighted by Crippen LogP contribution is -2.44. The van der Waals surface area contributed by atoms with Crippen LogP contribution in [0.2, 0.25) is 0 Å². The van der Waals surface area contributed by atoms with E-state index in [1.807, 2.05) is 0 Å². The fraction of sp³-hybridized carbons (Fsp3) is 0.917. The van der Waals surface area contributed by atoms with Gasteiger partial charge in [-0.05, 0) is 25.9 Å². The van der Waals surface area contributed by atoms with Crippen LogP contribution in [0.5, 0.6) is 0 Å². The Labute approximate surface area is 103 Å². The number of carbonyl (C=O) groups excluding carboxylic acids is 1. The van der Waals surface area contributed by atoms with Gasteiger partial charge in [0.15, 0.2) is 0 Å². The Hall–Kier alpha value is -0.650. The van der Waals surface area contributed by atoms with E-state index in [0.29, 0.717) is 6.54 Å². The zero-order chi connectivity index (χ0) is 12.8. The molecule has 0 bridgehead atoms. The number of piperidine rings is 1. The quantitative estimate of drug-likeness (QED) is 0.664. The molecule has 1 atom stereocenters. The van der Waals surface area contributed by atoms with Gasteiger partial charge in [-0.2, -0.15) is 0 Å². The highest BCUT2D eigenvalue weighted by Crippen LogP contribution is 2.10. The van der Waals surface area contributed by atoms with Crippen molar-refractivity contribution in [2.45, 2.75) is 38.8 Å². The average Bonchev–Trinajstić information content (AvgIpc) is 2.30. The molecule has 1 saturated heterocycles. The third kappa shape index (κ3) is 5.02. The smallest absolute Gasteiger partial charge is 0.308 e. The number of nitrogens with two attached hydrogens (primary N) is 1. The van der Waals surface area contributed by atoms with Crippen LogP contribution in [0, 0.1) is 5.92 Å². The van der Waals surface area contributed by atoms with Crippen molar-refractivity contribution in [2.75, 3.05) is 26.2 Å². The van der Waals surface area contributed by atoms with Crippen molar-refractivity contribution in [3.63, 3.8) is 0 Å². The van der Waals surface area contributed by atoms with Gasteiger partial charge in [0.1, 0.15) is 6.10 Å². The zero-order valence-corrected chi connectivity index (χ0v) is 10.8. The highest BCUT2D eigenvalue weighted by molar-refractivity contribution is 5.71. The molecule has 0 aromatic rings. The molecule has 0 aromatic carbocycles. The maximum absolute atomic E-state index is 11.4. The molecule has 100 valence electrons. The van der Waals surface area contributed by atoms with Crippen molar-refractivity contribution in [2.24, 2.45) is 11.7 Å². The van der Waals surface area contributed by atoms with Crippen LogP contribution in [0.4, 0.5) is 0 Å². The molecule has 0 saturated carbocycles. The van der Waals surface area contributed by atoms with Gasteiger partial charge in [0.25, 0.3) is 0 Å². The zero-order valence-electron chi connectivity index (χ0n) is 10.8. The Morgan fingerprint density at radius 2 is 2.06 bits per heavy atom. The second-order valence-corrected chi connectivity index (χ2v) is 5.03. The van der Waals surface area contributed by atoms with Gasteiger partial charge < -0.3 is 15.6 Å². The van der Waals surface area contributed by atoms with Crippen LogP contribution < -0.4 is 5.73 Å². The average molecular weight is 244 g/mol. The van der Waals surface area contributed by atoms with Crippen LogP contribution in [0.3, 0.4) is 0 Å². The molecule has 0 aromatic heterocycles. The van der Waals surface area contributed by atoms with Crippen molar-refractivity contribution in [3.05, 3.63) is 0 Å². The summed E-state index contributed by atoms with van der Waals surface area (Å²) < 4.78 is 5.23. The monoisotopic (exact) mass is 244 g/mol. The van der Waals surface area contributed by atoms with Crippen LogP contribution >= 0.6 is 0 Å². The molecule has 5 nitrogen and oxygen atoms in total. The predicted octanol–water partition coefficient (Wildman–Crippen LogP) is -0.0304. The Morgan fingerprint density at radius 1 is 1.47 bits per heavy atom. The standard InChI is InChI=1S/C12H24N2O3/c1-9(2)12(16)17-11(8-15)7-14-5-3-10(13)4-6-14/h9-11,15H,3-8,13H2,1-2H3. The lowest BCUT2D eigenvalue weighted by atomic mass is 10.1. The molecule has 0 aliphatic carbocycles. The van der Waals surface area contributed by atoms with Crippen molar-refractivity contribution in [1.29, 1.82) is 0 Å². The third-order valence-electron chi connectivity index (χ3n) is 3.05. The summed E-state index contributed by atoms with van der Waals surface area (Å²) in [5.74, 6) is -0.406. The number of likely N-dealkylation sites (tertiary alicyclic amines) is 1. The van der Waals surface area contributed by atoms with Gasteiger partial charge in [-0.3, -0.25) is 9.69 Å². The van der Waals surface area contributed by atoms with Gasteiger partial charge in [0.2, 0.25) is 0 Å². The molecule has 1 fully saturated rings. The molecule has 1 heterocycles. The van der Waals surface area contributed by atoms with E-state index in [9.17, 15) is 9.90 Å². The van der Waals surface area contributed by atoms with E-state index in [4.69, 9.17) is 10.5 Å². The lowest BCUT2D eigenvalue weighted by Gasteiger charge is -2.32. The van der Waals surface area contributed by atoms with Crippen LogP contribution in [-0.4, -0.2) is 54.4 Å². The van der Waals surface area contributed by atoms with Crippen LogP contribution in [0.25, 0.3) is 0 Å². The SMILES string of the molecule is CC(C)C(=O)OC(CO)CN1CCC(N)CC1. The van der Waals surface area contributed by atoms with Gasteiger partial charge in [0, 0.05) is 12.6 Å². The van der Waals surface area contributed by atoms with Crippen molar-refractivity contribution in [1.82, 2.24) is 4.90 Å². The molecule has 3 N–H and O–H groups in total. The first-order chi connectivity index (χ1) is 8.02.